The first kappa shape index (κ1) is 24.4. The van der Waals surface area contributed by atoms with Gasteiger partial charge in [0.25, 0.3) is 0 Å². The van der Waals surface area contributed by atoms with Crippen molar-refractivity contribution in [2.75, 3.05) is 38.3 Å². The van der Waals surface area contributed by atoms with Crippen LogP contribution in [-0.2, 0) is 14.8 Å². The van der Waals surface area contributed by atoms with Crippen molar-refractivity contribution in [3.8, 4) is 0 Å². The zero-order valence-electron chi connectivity index (χ0n) is 19.8. The molecule has 0 aromatic heterocycles. The third-order valence-corrected chi connectivity index (χ3v) is 8.35. The Balaban J connectivity index is 1.49. The molecule has 182 valence electrons. The topological polar surface area (TPSA) is 70.7 Å². The van der Waals surface area contributed by atoms with Crippen molar-refractivity contribution in [3.05, 3.63) is 53.4 Å². The monoisotopic (exact) mass is 477 g/mol. The number of ether oxygens (including phenoxy) is 1. The van der Waals surface area contributed by atoms with E-state index in [0.717, 1.165) is 36.9 Å². The molecule has 3 aliphatic rings. The number of halogens is 1. The van der Waals surface area contributed by atoms with Crippen molar-refractivity contribution in [2.45, 2.75) is 50.9 Å². The first-order valence-corrected chi connectivity index (χ1v) is 13.6. The zero-order chi connectivity index (χ0) is 23.6. The molecule has 0 spiro atoms. The number of hydrogen-bond acceptors (Lipinski definition) is 5. The average molecular weight is 478 g/mol. The molecule has 1 saturated heterocycles. The van der Waals surface area contributed by atoms with Crippen LogP contribution in [0.5, 0.6) is 0 Å². The Bertz CT molecular complexity index is 1010. The second-order valence-electron chi connectivity index (χ2n) is 9.84. The van der Waals surface area contributed by atoms with Crippen LogP contribution in [0.15, 0.2) is 36.4 Å². The Labute approximate surface area is 197 Å². The quantitative estimate of drug-likeness (QED) is 0.597. The minimum Gasteiger partial charge on any atom is -0.379 e. The molecule has 0 saturated carbocycles. The number of nitrogens with one attached hydrogen (secondary N) is 2. The number of sulfonamides is 1. The molecular formula is C25H36FN3O3S. The van der Waals surface area contributed by atoms with Gasteiger partial charge in [0.2, 0.25) is 10.0 Å². The van der Waals surface area contributed by atoms with Gasteiger partial charge in [0.05, 0.1) is 23.6 Å². The lowest BCUT2D eigenvalue weighted by atomic mass is 9.73. The number of anilines is 1. The van der Waals surface area contributed by atoms with E-state index in [1.165, 1.54) is 0 Å². The van der Waals surface area contributed by atoms with Crippen LogP contribution < -0.4 is 10.0 Å². The van der Waals surface area contributed by atoms with Crippen LogP contribution in [0.3, 0.4) is 0 Å². The molecular weight excluding hydrogens is 441 g/mol. The summed E-state index contributed by atoms with van der Waals surface area (Å²) in [7, 11) is 0.508. The predicted molar refractivity (Wildman–Crippen MR) is 130 cm³/mol. The Morgan fingerprint density at radius 2 is 2.06 bits per heavy atom. The van der Waals surface area contributed by atoms with Crippen LogP contribution in [0.4, 0.5) is 10.1 Å². The van der Waals surface area contributed by atoms with E-state index in [0.29, 0.717) is 12.1 Å². The van der Waals surface area contributed by atoms with Gasteiger partial charge >= 0.3 is 0 Å². The van der Waals surface area contributed by atoms with Gasteiger partial charge in [-0.1, -0.05) is 30.4 Å². The number of nitrogens with zero attached hydrogens (tertiary/aromatic N) is 1. The minimum absolute atomic E-state index is 0.0737. The molecule has 1 aromatic carbocycles. The summed E-state index contributed by atoms with van der Waals surface area (Å²) in [4.78, 5) is 1.98. The van der Waals surface area contributed by atoms with Gasteiger partial charge in [-0.25, -0.2) is 17.5 Å². The highest BCUT2D eigenvalue weighted by atomic mass is 32.2. The normalized spacial score (nSPS) is 28.9. The summed E-state index contributed by atoms with van der Waals surface area (Å²) < 4.78 is 49.1. The molecule has 4 rings (SSSR count). The Morgan fingerprint density at radius 1 is 1.24 bits per heavy atom. The minimum atomic E-state index is -3.35. The van der Waals surface area contributed by atoms with Gasteiger partial charge in [-0.15, -0.1) is 0 Å². The van der Waals surface area contributed by atoms with E-state index in [2.05, 4.69) is 28.3 Å². The molecule has 2 heterocycles. The maximum absolute atomic E-state index is 15.0. The Kier molecular flexibility index (Phi) is 7.58. The fourth-order valence-corrected chi connectivity index (χ4v) is 6.39. The number of benzene rings is 1. The van der Waals surface area contributed by atoms with E-state index < -0.39 is 10.0 Å². The van der Waals surface area contributed by atoms with Gasteiger partial charge in [-0.3, -0.25) is 0 Å². The molecule has 1 aromatic rings. The average Bonchev–Trinajstić information content (AvgIpc) is 2.77. The van der Waals surface area contributed by atoms with Crippen LogP contribution in [0, 0.1) is 24.6 Å². The molecule has 2 N–H and O–H groups in total. The number of aryl methyl sites for hydroxylation is 1. The van der Waals surface area contributed by atoms with Crippen molar-refractivity contribution in [1.82, 2.24) is 9.62 Å². The van der Waals surface area contributed by atoms with Gasteiger partial charge in [0.1, 0.15) is 5.82 Å². The lowest BCUT2D eigenvalue weighted by Crippen LogP contribution is -2.49. The van der Waals surface area contributed by atoms with Crippen molar-refractivity contribution >= 4 is 15.7 Å². The fraction of sp³-hybridized carbons (Fsp3) is 0.600. The molecule has 0 amide bonds. The first-order valence-electron chi connectivity index (χ1n) is 11.9. The fourth-order valence-electron chi connectivity index (χ4n) is 5.30. The lowest BCUT2D eigenvalue weighted by Gasteiger charge is -2.47. The zero-order valence-corrected chi connectivity index (χ0v) is 20.6. The summed E-state index contributed by atoms with van der Waals surface area (Å²) in [6.45, 7) is 2.87. The first-order chi connectivity index (χ1) is 15.7. The van der Waals surface area contributed by atoms with Gasteiger partial charge in [0.15, 0.2) is 0 Å². The Hall–Kier alpha value is -1.74. The Morgan fingerprint density at radius 3 is 2.79 bits per heavy atom. The van der Waals surface area contributed by atoms with E-state index in [9.17, 15) is 12.8 Å². The van der Waals surface area contributed by atoms with E-state index in [1.807, 2.05) is 38.1 Å². The van der Waals surface area contributed by atoms with E-state index in [4.69, 9.17) is 4.74 Å². The lowest BCUT2D eigenvalue weighted by molar-refractivity contribution is -0.0925. The van der Waals surface area contributed by atoms with E-state index >= 15 is 0 Å². The summed E-state index contributed by atoms with van der Waals surface area (Å²) in [6, 6.07) is 3.63. The molecule has 1 fully saturated rings. The molecule has 5 atom stereocenters. The molecule has 0 bridgehead atoms. The van der Waals surface area contributed by atoms with Gasteiger partial charge in [-0.2, -0.15) is 0 Å². The maximum atomic E-state index is 15.0. The van der Waals surface area contributed by atoms with Crippen LogP contribution in [-0.4, -0.2) is 58.4 Å². The van der Waals surface area contributed by atoms with Crippen molar-refractivity contribution in [3.63, 3.8) is 0 Å². The number of allylic oxidation sites excluding steroid dienone is 3. The highest BCUT2D eigenvalue weighted by molar-refractivity contribution is 7.89. The summed E-state index contributed by atoms with van der Waals surface area (Å²) in [5, 5.41) is 3.51. The summed E-state index contributed by atoms with van der Waals surface area (Å²) in [5.41, 5.74) is 2.24. The predicted octanol–water partition coefficient (Wildman–Crippen LogP) is 3.77. The van der Waals surface area contributed by atoms with Crippen LogP contribution >= 0.6 is 0 Å². The number of fused-ring (bicyclic) bond motifs is 3. The molecule has 1 unspecified atom stereocenters. The summed E-state index contributed by atoms with van der Waals surface area (Å²) >= 11 is 0. The standard InChI is InChI=1S/C25H36FN3O3S/c1-17-14-21-24(22(26)15-17)28-23(18-8-5-4-6-9-18)20-11-10-19(32-25(20)21)16-27-33(30,31)13-7-12-29(2)3/h4-6,8,14-15,18-20,23,25,27-28H,7,9-13,16H2,1-3H3/t18?,19-,20+,23+,25+/m1/s1. The molecule has 6 nitrogen and oxygen atoms in total. The van der Waals surface area contributed by atoms with Crippen LogP contribution in [0.25, 0.3) is 0 Å². The van der Waals surface area contributed by atoms with E-state index in [-0.39, 0.29) is 48.2 Å². The smallest absolute Gasteiger partial charge is 0.211 e. The maximum Gasteiger partial charge on any atom is 0.211 e. The van der Waals surface area contributed by atoms with Crippen molar-refractivity contribution < 1.29 is 17.5 Å². The molecule has 1 aliphatic carbocycles. The highest BCUT2D eigenvalue weighted by Gasteiger charge is 2.44. The summed E-state index contributed by atoms with van der Waals surface area (Å²) in [6.07, 6.45) is 11.1. The molecule has 8 heteroatoms. The van der Waals surface area contributed by atoms with Crippen LogP contribution in [0.1, 0.15) is 42.9 Å². The SMILES string of the molecule is Cc1cc(F)c2c(c1)[C@H]1O[C@@H](CNS(=O)(=O)CCCN(C)C)CC[C@H]1[C@H](C1C=CC=CC1)N2. The summed E-state index contributed by atoms with van der Waals surface area (Å²) in [5.74, 6) is 0.320. The third-order valence-electron chi connectivity index (χ3n) is 6.92. The second kappa shape index (κ2) is 10.3. The van der Waals surface area contributed by atoms with E-state index in [1.54, 1.807) is 6.07 Å². The van der Waals surface area contributed by atoms with Gasteiger partial charge in [0, 0.05) is 30.0 Å². The van der Waals surface area contributed by atoms with Crippen LogP contribution in [0.2, 0.25) is 0 Å². The van der Waals surface area contributed by atoms with Gasteiger partial charge in [-0.05, 0) is 64.9 Å². The molecule has 33 heavy (non-hydrogen) atoms. The molecule has 2 aliphatic heterocycles. The highest BCUT2D eigenvalue weighted by Crippen LogP contribution is 2.48. The van der Waals surface area contributed by atoms with Crippen molar-refractivity contribution in [1.29, 1.82) is 0 Å². The second-order valence-corrected chi connectivity index (χ2v) is 11.8. The number of hydrogen-bond donors (Lipinski definition) is 2. The van der Waals surface area contributed by atoms with Gasteiger partial charge < -0.3 is 15.0 Å². The largest absolute Gasteiger partial charge is 0.379 e. The molecule has 0 radical (unpaired) electrons. The number of rotatable bonds is 8. The van der Waals surface area contributed by atoms with Crippen molar-refractivity contribution in [2.24, 2.45) is 11.8 Å². The third kappa shape index (κ3) is 5.85.